The number of guanidine groups is 1. The Kier molecular flexibility index (Phi) is 14.0. The summed E-state index contributed by atoms with van der Waals surface area (Å²) in [7, 11) is 0. The van der Waals surface area contributed by atoms with Crippen LogP contribution >= 0.6 is 0 Å². The highest BCUT2D eigenvalue weighted by Crippen LogP contribution is 2.07. The molecule has 4 unspecified atom stereocenters. The molecule has 4 atom stereocenters. The number of aliphatic imine (C=N–C) groups is 1. The first kappa shape index (κ1) is 31.6. The number of nitrogens with zero attached hydrogens (tertiary/aromatic N) is 1. The lowest BCUT2D eigenvalue weighted by Crippen LogP contribution is -2.58. The number of hydrogen-bond acceptors (Lipinski definition) is 7. The highest BCUT2D eigenvalue weighted by Gasteiger charge is 2.32. The van der Waals surface area contributed by atoms with E-state index in [0.717, 1.165) is 0 Å². The molecule has 35 heavy (non-hydrogen) atoms. The fraction of sp³-hybridized carbons (Fsp3) is 0.714. The quantitative estimate of drug-likeness (QED) is 0.0631. The van der Waals surface area contributed by atoms with Crippen LogP contribution in [0.25, 0.3) is 0 Å². The topological polar surface area (TPSA) is 258 Å². The second-order valence-electron chi connectivity index (χ2n) is 9.05. The minimum absolute atomic E-state index is 0.0947. The van der Waals surface area contributed by atoms with E-state index in [2.05, 4.69) is 20.9 Å². The molecule has 0 aliphatic rings. The van der Waals surface area contributed by atoms with E-state index in [1.54, 1.807) is 13.8 Å². The van der Waals surface area contributed by atoms with Gasteiger partial charge in [-0.3, -0.25) is 24.2 Å². The van der Waals surface area contributed by atoms with Gasteiger partial charge in [0.1, 0.15) is 18.1 Å². The molecule has 0 aromatic carbocycles. The summed E-state index contributed by atoms with van der Waals surface area (Å²) in [5.74, 6) is -4.88. The maximum atomic E-state index is 13.0. The van der Waals surface area contributed by atoms with Gasteiger partial charge in [-0.1, -0.05) is 27.7 Å². The fourth-order valence-electron chi connectivity index (χ4n) is 3.12. The monoisotopic (exact) mass is 500 g/mol. The number of nitrogens with two attached hydrogens (primary N) is 4. The zero-order valence-corrected chi connectivity index (χ0v) is 20.7. The van der Waals surface area contributed by atoms with Gasteiger partial charge in [-0.05, 0) is 31.1 Å². The third kappa shape index (κ3) is 13.2. The molecule has 0 radical (unpaired) electrons. The van der Waals surface area contributed by atoms with Gasteiger partial charge in [0, 0.05) is 6.54 Å². The van der Waals surface area contributed by atoms with Crippen LogP contribution in [-0.4, -0.2) is 71.4 Å². The minimum atomic E-state index is -1.46. The van der Waals surface area contributed by atoms with Gasteiger partial charge in [-0.2, -0.15) is 0 Å². The molecule has 0 rings (SSSR count). The first-order chi connectivity index (χ1) is 16.1. The van der Waals surface area contributed by atoms with Crippen molar-refractivity contribution in [3.05, 3.63) is 0 Å². The molecule has 4 amide bonds. The molecular formula is C21H40N8O6. The molecule has 0 heterocycles. The van der Waals surface area contributed by atoms with Crippen molar-refractivity contribution in [2.24, 2.45) is 39.8 Å². The van der Waals surface area contributed by atoms with Crippen molar-refractivity contribution in [3.63, 3.8) is 0 Å². The van der Waals surface area contributed by atoms with Gasteiger partial charge in [0.05, 0.1) is 12.5 Å². The average molecular weight is 501 g/mol. The zero-order valence-electron chi connectivity index (χ0n) is 20.7. The maximum Gasteiger partial charge on any atom is 0.326 e. The van der Waals surface area contributed by atoms with Crippen LogP contribution in [0.1, 0.15) is 53.4 Å². The summed E-state index contributed by atoms with van der Waals surface area (Å²) in [4.78, 5) is 65.0. The van der Waals surface area contributed by atoms with E-state index in [-0.39, 0.29) is 24.8 Å². The summed E-state index contributed by atoms with van der Waals surface area (Å²) >= 11 is 0. The number of carboxylic acids is 1. The summed E-state index contributed by atoms with van der Waals surface area (Å²) in [5.41, 5.74) is 21.7. The molecular weight excluding hydrogens is 460 g/mol. The van der Waals surface area contributed by atoms with Crippen molar-refractivity contribution < 1.29 is 29.1 Å². The molecule has 14 nitrogen and oxygen atoms in total. The Morgan fingerprint density at radius 2 is 1.40 bits per heavy atom. The molecule has 0 spiro atoms. The Bertz CT molecular complexity index is 782. The molecule has 0 bridgehead atoms. The van der Waals surface area contributed by atoms with E-state index in [1.807, 2.05) is 13.8 Å². The first-order valence-electron chi connectivity index (χ1n) is 11.4. The molecule has 12 N–H and O–H groups in total. The Morgan fingerprint density at radius 3 is 1.86 bits per heavy atom. The molecule has 0 aromatic heterocycles. The number of aliphatic carboxylic acids is 1. The van der Waals surface area contributed by atoms with E-state index in [9.17, 15) is 29.1 Å². The highest BCUT2D eigenvalue weighted by molar-refractivity contribution is 5.96. The second-order valence-corrected chi connectivity index (χ2v) is 9.05. The normalized spacial score (nSPS) is 14.4. The SMILES string of the molecule is CC(C)CC(N)C(=O)NC(CCCN=C(N)N)C(=O)NC(CC(N)=O)C(=O)NC(C(=O)O)C(C)C. The number of carbonyl (C=O) groups is 5. The molecule has 0 saturated carbocycles. The summed E-state index contributed by atoms with van der Waals surface area (Å²) in [6, 6.07) is -4.70. The number of carbonyl (C=O) groups excluding carboxylic acids is 4. The summed E-state index contributed by atoms with van der Waals surface area (Å²) in [5, 5.41) is 16.6. The van der Waals surface area contributed by atoms with E-state index in [4.69, 9.17) is 22.9 Å². The largest absolute Gasteiger partial charge is 0.480 e. The maximum absolute atomic E-state index is 13.0. The van der Waals surface area contributed by atoms with Crippen molar-refractivity contribution in [1.82, 2.24) is 16.0 Å². The van der Waals surface area contributed by atoms with Crippen molar-refractivity contribution in [2.75, 3.05) is 6.54 Å². The predicted molar refractivity (Wildman–Crippen MR) is 129 cm³/mol. The Morgan fingerprint density at radius 1 is 0.857 bits per heavy atom. The lowest BCUT2D eigenvalue weighted by molar-refractivity contribution is -0.143. The van der Waals surface area contributed by atoms with Crippen LogP contribution in [0.2, 0.25) is 0 Å². The van der Waals surface area contributed by atoms with Crippen molar-refractivity contribution in [1.29, 1.82) is 0 Å². The first-order valence-corrected chi connectivity index (χ1v) is 11.4. The second kappa shape index (κ2) is 15.5. The fourth-order valence-corrected chi connectivity index (χ4v) is 3.12. The summed E-state index contributed by atoms with van der Waals surface area (Å²) < 4.78 is 0. The third-order valence-electron chi connectivity index (χ3n) is 4.91. The van der Waals surface area contributed by atoms with Crippen molar-refractivity contribution >= 4 is 35.6 Å². The Balaban J connectivity index is 5.62. The number of rotatable bonds is 16. The summed E-state index contributed by atoms with van der Waals surface area (Å²) in [6.07, 6.45) is 0.199. The molecule has 0 aliphatic heterocycles. The van der Waals surface area contributed by atoms with Gasteiger partial charge in [-0.15, -0.1) is 0 Å². The number of hydrogen-bond donors (Lipinski definition) is 8. The molecule has 0 fully saturated rings. The van der Waals surface area contributed by atoms with Gasteiger partial charge >= 0.3 is 5.97 Å². The van der Waals surface area contributed by atoms with Crippen molar-refractivity contribution in [3.8, 4) is 0 Å². The van der Waals surface area contributed by atoms with Gasteiger partial charge in [-0.25, -0.2) is 4.79 Å². The molecule has 0 aromatic rings. The predicted octanol–water partition coefficient (Wildman–Crippen LogP) is -2.52. The van der Waals surface area contributed by atoms with Gasteiger partial charge < -0.3 is 44.0 Å². The zero-order chi connectivity index (χ0) is 27.3. The van der Waals surface area contributed by atoms with Crippen LogP contribution in [0, 0.1) is 11.8 Å². The van der Waals surface area contributed by atoms with Crippen LogP contribution in [0.3, 0.4) is 0 Å². The van der Waals surface area contributed by atoms with Crippen LogP contribution in [0.4, 0.5) is 0 Å². The van der Waals surface area contributed by atoms with Gasteiger partial charge in [0.25, 0.3) is 0 Å². The number of carboxylic acid groups (broad SMARTS) is 1. The number of nitrogens with one attached hydrogen (secondary N) is 3. The number of primary amides is 1. The molecule has 14 heteroatoms. The van der Waals surface area contributed by atoms with E-state index in [0.29, 0.717) is 12.8 Å². The van der Waals surface area contributed by atoms with E-state index in [1.165, 1.54) is 0 Å². The van der Waals surface area contributed by atoms with Crippen LogP contribution in [0.5, 0.6) is 0 Å². The van der Waals surface area contributed by atoms with Crippen molar-refractivity contribution in [2.45, 2.75) is 77.5 Å². The van der Waals surface area contributed by atoms with Gasteiger partial charge in [0.15, 0.2) is 5.96 Å². The summed E-state index contributed by atoms with van der Waals surface area (Å²) in [6.45, 7) is 7.13. The average Bonchev–Trinajstić information content (AvgIpc) is 2.71. The lowest BCUT2D eigenvalue weighted by Gasteiger charge is -2.25. The Hall–Kier alpha value is -3.42. The number of amides is 4. The Labute approximate surface area is 205 Å². The third-order valence-corrected chi connectivity index (χ3v) is 4.91. The molecule has 0 aliphatic carbocycles. The molecule has 200 valence electrons. The molecule has 0 saturated heterocycles. The lowest BCUT2D eigenvalue weighted by atomic mass is 10.0. The standard InChI is InChI=1S/C21H40N8O6/c1-10(2)8-12(22)17(31)27-13(6-5-7-26-21(24)25)18(32)28-14(9-15(23)30)19(33)29-16(11(3)4)20(34)35/h10-14,16H,5-9,22H2,1-4H3,(H2,23,30)(H,27,31)(H,28,32)(H,29,33)(H,34,35)(H4,24,25,26). The highest BCUT2D eigenvalue weighted by atomic mass is 16.4. The van der Waals surface area contributed by atoms with E-state index >= 15 is 0 Å². The smallest absolute Gasteiger partial charge is 0.326 e. The van der Waals surface area contributed by atoms with Gasteiger partial charge in [0.2, 0.25) is 23.6 Å². The minimum Gasteiger partial charge on any atom is -0.480 e. The van der Waals surface area contributed by atoms with Crippen LogP contribution in [0.15, 0.2) is 4.99 Å². The van der Waals surface area contributed by atoms with Crippen LogP contribution < -0.4 is 38.9 Å². The van der Waals surface area contributed by atoms with Crippen LogP contribution in [-0.2, 0) is 24.0 Å². The van der Waals surface area contributed by atoms with E-state index < -0.39 is 66.1 Å².